The first-order valence-electron chi connectivity index (χ1n) is 5.39. The van der Waals surface area contributed by atoms with Crippen LogP contribution < -0.4 is 10.6 Å². The Morgan fingerprint density at radius 1 is 1.71 bits per heavy atom. The van der Waals surface area contributed by atoms with Crippen molar-refractivity contribution in [2.75, 3.05) is 19.7 Å². The number of nitrogens with one attached hydrogen (secondary N) is 2. The fraction of sp³-hybridized carbons (Fsp3) is 0.900. The van der Waals surface area contributed by atoms with Crippen LogP contribution in [0, 0.1) is 5.92 Å². The molecule has 3 N–H and O–H groups in total. The molecule has 1 rings (SSSR count). The Bertz CT molecular complexity index is 175. The Hall–Kier alpha value is -0.610. The number of piperidine rings is 1. The van der Waals surface area contributed by atoms with E-state index in [1.54, 1.807) is 0 Å². The van der Waals surface area contributed by atoms with E-state index in [0.29, 0.717) is 0 Å². The maximum absolute atomic E-state index is 11.7. The molecule has 0 radical (unpaired) electrons. The van der Waals surface area contributed by atoms with Crippen LogP contribution in [0.4, 0.5) is 0 Å². The van der Waals surface area contributed by atoms with Crippen LogP contribution in [0.3, 0.4) is 0 Å². The largest absolute Gasteiger partial charge is 0.394 e. The summed E-state index contributed by atoms with van der Waals surface area (Å²) in [5.74, 6) is 0.169. The molecule has 0 saturated carbocycles. The molecule has 2 atom stereocenters. The normalized spacial score (nSPS) is 24.3. The quantitative estimate of drug-likeness (QED) is 0.592. The monoisotopic (exact) mass is 200 g/mol. The third-order valence-corrected chi connectivity index (χ3v) is 2.73. The van der Waals surface area contributed by atoms with E-state index in [9.17, 15) is 4.79 Å². The first-order chi connectivity index (χ1) is 6.77. The van der Waals surface area contributed by atoms with Gasteiger partial charge in [-0.3, -0.25) is 4.79 Å². The minimum Gasteiger partial charge on any atom is -0.394 e. The molecule has 1 aliphatic rings. The molecular formula is C10H20N2O2. The highest BCUT2D eigenvalue weighted by atomic mass is 16.3. The third-order valence-electron chi connectivity index (χ3n) is 2.73. The number of hydrogen-bond acceptors (Lipinski definition) is 3. The summed E-state index contributed by atoms with van der Waals surface area (Å²) in [7, 11) is 0. The van der Waals surface area contributed by atoms with Crippen LogP contribution in [0.15, 0.2) is 0 Å². The summed E-state index contributed by atoms with van der Waals surface area (Å²) in [6.45, 7) is 3.78. The van der Waals surface area contributed by atoms with Crippen LogP contribution in [-0.2, 0) is 4.79 Å². The number of aliphatic hydroxyl groups is 1. The first-order valence-corrected chi connectivity index (χ1v) is 5.39. The maximum Gasteiger partial charge on any atom is 0.224 e. The lowest BCUT2D eigenvalue weighted by Gasteiger charge is -2.24. The van der Waals surface area contributed by atoms with E-state index in [-0.39, 0.29) is 24.5 Å². The summed E-state index contributed by atoms with van der Waals surface area (Å²) in [5.41, 5.74) is 0. The third kappa shape index (κ3) is 3.27. The van der Waals surface area contributed by atoms with Crippen LogP contribution in [0.1, 0.15) is 26.2 Å². The predicted octanol–water partition coefficient (Wildman–Crippen LogP) is -0.127. The van der Waals surface area contributed by atoms with Gasteiger partial charge in [-0.2, -0.15) is 0 Å². The van der Waals surface area contributed by atoms with Crippen molar-refractivity contribution >= 4 is 5.91 Å². The van der Waals surface area contributed by atoms with Gasteiger partial charge >= 0.3 is 0 Å². The molecule has 0 bridgehead atoms. The molecule has 1 saturated heterocycles. The zero-order valence-corrected chi connectivity index (χ0v) is 8.75. The van der Waals surface area contributed by atoms with E-state index < -0.39 is 0 Å². The van der Waals surface area contributed by atoms with E-state index in [1.165, 1.54) is 0 Å². The second-order valence-electron chi connectivity index (χ2n) is 3.84. The molecule has 14 heavy (non-hydrogen) atoms. The molecule has 1 aliphatic heterocycles. The van der Waals surface area contributed by atoms with Gasteiger partial charge in [-0.05, 0) is 25.8 Å². The molecular weight excluding hydrogens is 180 g/mol. The summed E-state index contributed by atoms with van der Waals surface area (Å²) in [4.78, 5) is 11.7. The topological polar surface area (TPSA) is 61.4 Å². The van der Waals surface area contributed by atoms with Crippen molar-refractivity contribution < 1.29 is 9.90 Å². The molecule has 4 nitrogen and oxygen atoms in total. The van der Waals surface area contributed by atoms with Crippen molar-refractivity contribution in [1.29, 1.82) is 0 Å². The van der Waals surface area contributed by atoms with Gasteiger partial charge in [0.05, 0.1) is 18.6 Å². The number of amides is 1. The minimum absolute atomic E-state index is 0.0301. The number of rotatable bonds is 4. The molecule has 0 aromatic heterocycles. The Morgan fingerprint density at radius 3 is 3.00 bits per heavy atom. The van der Waals surface area contributed by atoms with Crippen molar-refractivity contribution in [2.45, 2.75) is 32.2 Å². The number of carbonyl (C=O) groups is 1. The lowest BCUT2D eigenvalue weighted by molar-refractivity contribution is -0.126. The zero-order valence-electron chi connectivity index (χ0n) is 8.75. The van der Waals surface area contributed by atoms with Gasteiger partial charge in [-0.25, -0.2) is 0 Å². The van der Waals surface area contributed by atoms with Crippen LogP contribution >= 0.6 is 0 Å². The lowest BCUT2D eigenvalue weighted by Crippen LogP contribution is -2.45. The molecule has 0 spiro atoms. The Balaban J connectivity index is 2.32. The van der Waals surface area contributed by atoms with Gasteiger partial charge in [-0.1, -0.05) is 6.92 Å². The molecule has 1 fully saturated rings. The van der Waals surface area contributed by atoms with Crippen LogP contribution in [-0.4, -0.2) is 36.8 Å². The minimum atomic E-state index is -0.0792. The van der Waals surface area contributed by atoms with Gasteiger partial charge in [0.2, 0.25) is 5.91 Å². The Morgan fingerprint density at radius 2 is 2.50 bits per heavy atom. The van der Waals surface area contributed by atoms with Crippen molar-refractivity contribution in [3.8, 4) is 0 Å². The highest BCUT2D eigenvalue weighted by Gasteiger charge is 2.22. The summed E-state index contributed by atoms with van der Waals surface area (Å²) in [5, 5.41) is 15.0. The molecule has 4 heteroatoms. The number of aliphatic hydroxyl groups excluding tert-OH is 1. The standard InChI is InChI=1S/C10H20N2O2/c1-2-9(7-13)12-10(14)8-4-3-5-11-6-8/h8-9,11,13H,2-7H2,1H3,(H,12,14)/t8-,9-/m1/s1. The smallest absolute Gasteiger partial charge is 0.224 e. The average molecular weight is 200 g/mol. The van der Waals surface area contributed by atoms with Gasteiger partial charge in [-0.15, -0.1) is 0 Å². The molecule has 1 amide bonds. The van der Waals surface area contributed by atoms with Gasteiger partial charge in [0, 0.05) is 6.54 Å². The predicted molar refractivity (Wildman–Crippen MR) is 54.9 cm³/mol. The SMILES string of the molecule is CC[C@H](CO)NC(=O)[C@@H]1CCCNC1. The van der Waals surface area contributed by atoms with Crippen molar-refractivity contribution in [3.05, 3.63) is 0 Å². The summed E-state index contributed by atoms with van der Waals surface area (Å²) >= 11 is 0. The van der Waals surface area contributed by atoms with E-state index >= 15 is 0 Å². The van der Waals surface area contributed by atoms with E-state index in [1.807, 2.05) is 6.92 Å². The average Bonchev–Trinajstić information content (AvgIpc) is 2.26. The highest BCUT2D eigenvalue weighted by molar-refractivity contribution is 5.79. The summed E-state index contributed by atoms with van der Waals surface area (Å²) in [6, 6.07) is -0.0792. The van der Waals surface area contributed by atoms with Crippen LogP contribution in [0.2, 0.25) is 0 Å². The van der Waals surface area contributed by atoms with Gasteiger partial charge in [0.25, 0.3) is 0 Å². The van der Waals surface area contributed by atoms with Crippen molar-refractivity contribution in [3.63, 3.8) is 0 Å². The van der Waals surface area contributed by atoms with Gasteiger partial charge in [0.1, 0.15) is 0 Å². The zero-order chi connectivity index (χ0) is 10.4. The van der Waals surface area contributed by atoms with Crippen LogP contribution in [0.25, 0.3) is 0 Å². The Kier molecular flexibility index (Phi) is 4.90. The van der Waals surface area contributed by atoms with E-state index in [4.69, 9.17) is 5.11 Å². The first kappa shape index (κ1) is 11.5. The Labute approximate surface area is 85.1 Å². The summed E-state index contributed by atoms with van der Waals surface area (Å²) in [6.07, 6.45) is 2.80. The van der Waals surface area contributed by atoms with Crippen molar-refractivity contribution in [1.82, 2.24) is 10.6 Å². The summed E-state index contributed by atoms with van der Waals surface area (Å²) < 4.78 is 0. The second kappa shape index (κ2) is 5.98. The van der Waals surface area contributed by atoms with Crippen LogP contribution in [0.5, 0.6) is 0 Å². The fourth-order valence-electron chi connectivity index (χ4n) is 1.67. The number of hydrogen-bond donors (Lipinski definition) is 3. The molecule has 0 aromatic carbocycles. The molecule has 0 aliphatic carbocycles. The molecule has 0 aromatic rings. The number of carbonyl (C=O) groups excluding carboxylic acids is 1. The highest BCUT2D eigenvalue weighted by Crippen LogP contribution is 2.10. The maximum atomic E-state index is 11.7. The van der Waals surface area contributed by atoms with E-state index in [2.05, 4.69) is 10.6 Å². The molecule has 82 valence electrons. The van der Waals surface area contributed by atoms with E-state index in [0.717, 1.165) is 32.4 Å². The fourth-order valence-corrected chi connectivity index (χ4v) is 1.67. The van der Waals surface area contributed by atoms with Crippen molar-refractivity contribution in [2.24, 2.45) is 5.92 Å². The molecule has 0 unspecified atom stereocenters. The van der Waals surface area contributed by atoms with Gasteiger partial charge in [0.15, 0.2) is 0 Å². The second-order valence-corrected chi connectivity index (χ2v) is 3.84. The van der Waals surface area contributed by atoms with Gasteiger partial charge < -0.3 is 15.7 Å². The molecule has 1 heterocycles. The lowest BCUT2D eigenvalue weighted by atomic mass is 9.98.